The normalized spacial score (nSPS) is 20.2. The molecule has 0 unspecified atom stereocenters. The van der Waals surface area contributed by atoms with E-state index in [0.717, 1.165) is 32.9 Å². The second-order valence-electron chi connectivity index (χ2n) is 8.28. The Labute approximate surface area is 199 Å². The number of benzene rings is 1. The summed E-state index contributed by atoms with van der Waals surface area (Å²) in [5.74, 6) is -0.893. The van der Waals surface area contributed by atoms with Gasteiger partial charge in [-0.1, -0.05) is 22.9 Å². The Hall–Kier alpha value is -1.81. The molecule has 1 saturated heterocycles. The van der Waals surface area contributed by atoms with Crippen molar-refractivity contribution in [3.63, 3.8) is 0 Å². The number of hydrogen-bond acceptors (Lipinski definition) is 9. The maximum absolute atomic E-state index is 12.3. The summed E-state index contributed by atoms with van der Waals surface area (Å²) >= 11 is 9.94. The van der Waals surface area contributed by atoms with Gasteiger partial charge in [-0.25, -0.2) is 4.98 Å². The molecule has 0 radical (unpaired) electrons. The maximum Gasteiger partial charge on any atom is 0.309 e. The molecule has 2 aromatic rings. The zero-order valence-corrected chi connectivity index (χ0v) is 19.8. The molecule has 3 aliphatic rings. The van der Waals surface area contributed by atoms with Crippen LogP contribution < -0.4 is 10.6 Å². The topological polar surface area (TPSA) is 89.6 Å². The predicted molar refractivity (Wildman–Crippen MR) is 124 cm³/mol. The molecule has 1 aromatic carbocycles. The number of halogens is 1. The first-order chi connectivity index (χ1) is 15.5. The number of ether oxygens (including phenoxy) is 2. The first-order valence-corrected chi connectivity index (χ1v) is 13.0. The number of anilines is 1. The Balaban J connectivity index is 1.40. The Bertz CT molecular complexity index is 1020. The fourth-order valence-electron chi connectivity index (χ4n) is 4.01. The van der Waals surface area contributed by atoms with Gasteiger partial charge in [0.05, 0.1) is 29.8 Å². The van der Waals surface area contributed by atoms with Crippen molar-refractivity contribution >= 4 is 51.8 Å². The number of hydrogen-bond donors (Lipinski definition) is 2. The highest BCUT2D eigenvalue weighted by molar-refractivity contribution is 8.00. The largest absolute Gasteiger partial charge is 0.416 e. The van der Waals surface area contributed by atoms with E-state index >= 15 is 0 Å². The molecule has 1 spiro atoms. The average Bonchev–Trinajstić information content (AvgIpc) is 3.54. The standard InChI is InChI=1S/C22H24ClN3O4S2/c23-17-4-3-16-14(7-8-24-12-22(16)29-18(27)5-6-19(28)30-22)15(17)11-31-20-10-26-21(32-20)25-9-13-1-2-13/h3-4,10,13,24H,1-2,5-9,11-12H2,(H,25,26). The third kappa shape index (κ3) is 4.76. The zero-order chi connectivity index (χ0) is 22.1. The van der Waals surface area contributed by atoms with Crippen molar-refractivity contribution in [2.45, 2.75) is 47.9 Å². The van der Waals surface area contributed by atoms with Crippen LogP contribution in [0.4, 0.5) is 5.13 Å². The minimum atomic E-state index is -1.45. The van der Waals surface area contributed by atoms with Gasteiger partial charge in [0.25, 0.3) is 5.79 Å². The van der Waals surface area contributed by atoms with Gasteiger partial charge in [0.2, 0.25) is 0 Å². The molecule has 3 heterocycles. The molecule has 1 saturated carbocycles. The van der Waals surface area contributed by atoms with Gasteiger partial charge in [-0.05, 0) is 55.0 Å². The van der Waals surface area contributed by atoms with E-state index in [4.69, 9.17) is 21.1 Å². The lowest BCUT2D eigenvalue weighted by atomic mass is 9.94. The van der Waals surface area contributed by atoms with Crippen molar-refractivity contribution in [1.82, 2.24) is 10.3 Å². The van der Waals surface area contributed by atoms with E-state index in [0.29, 0.717) is 29.3 Å². The number of thioether (sulfide) groups is 1. The molecule has 32 heavy (non-hydrogen) atoms. The molecular formula is C22H24ClN3O4S2. The lowest BCUT2D eigenvalue weighted by Crippen LogP contribution is -2.43. The van der Waals surface area contributed by atoms with Crippen molar-refractivity contribution in [2.24, 2.45) is 5.92 Å². The zero-order valence-electron chi connectivity index (χ0n) is 17.4. The molecule has 0 atom stereocenters. The fourth-order valence-corrected chi connectivity index (χ4v) is 6.28. The molecule has 1 aliphatic carbocycles. The van der Waals surface area contributed by atoms with Crippen LogP contribution in [0, 0.1) is 5.92 Å². The number of carbonyl (C=O) groups is 2. The summed E-state index contributed by atoms with van der Waals surface area (Å²) in [6.45, 7) is 1.87. The molecule has 2 fully saturated rings. The van der Waals surface area contributed by atoms with Crippen LogP contribution in [0.2, 0.25) is 5.02 Å². The first-order valence-electron chi connectivity index (χ1n) is 10.8. The van der Waals surface area contributed by atoms with E-state index in [1.165, 1.54) is 12.8 Å². The van der Waals surface area contributed by atoms with Crippen LogP contribution in [-0.4, -0.2) is 36.6 Å². The smallest absolute Gasteiger partial charge is 0.309 e. The minimum Gasteiger partial charge on any atom is -0.416 e. The van der Waals surface area contributed by atoms with Crippen molar-refractivity contribution < 1.29 is 19.1 Å². The highest BCUT2D eigenvalue weighted by Gasteiger charge is 2.45. The molecule has 2 N–H and O–H groups in total. The third-order valence-corrected chi connectivity index (χ3v) is 8.40. The number of fused-ring (bicyclic) bond motifs is 2. The van der Waals surface area contributed by atoms with Crippen LogP contribution in [0.25, 0.3) is 0 Å². The lowest BCUT2D eigenvalue weighted by molar-refractivity contribution is -0.225. The Kier molecular flexibility index (Phi) is 6.33. The molecular weight excluding hydrogens is 470 g/mol. The second-order valence-corrected chi connectivity index (χ2v) is 11.0. The van der Waals surface area contributed by atoms with Gasteiger partial charge >= 0.3 is 11.9 Å². The fraction of sp³-hybridized carbons (Fsp3) is 0.500. The molecule has 0 amide bonds. The van der Waals surface area contributed by atoms with E-state index in [1.54, 1.807) is 29.2 Å². The molecule has 0 bridgehead atoms. The number of thiazole rings is 1. The van der Waals surface area contributed by atoms with Gasteiger partial charge in [-0.2, -0.15) is 0 Å². The highest BCUT2D eigenvalue weighted by atomic mass is 35.5. The van der Waals surface area contributed by atoms with Crippen LogP contribution in [-0.2, 0) is 37.0 Å². The van der Waals surface area contributed by atoms with E-state index in [-0.39, 0.29) is 19.4 Å². The van der Waals surface area contributed by atoms with Crippen molar-refractivity contribution in [3.8, 4) is 0 Å². The predicted octanol–water partition coefficient (Wildman–Crippen LogP) is 4.09. The number of rotatable bonds is 6. The number of carbonyl (C=O) groups excluding carboxylic acids is 2. The maximum atomic E-state index is 12.3. The molecule has 5 rings (SSSR count). The average molecular weight is 494 g/mol. The number of aromatic nitrogens is 1. The summed E-state index contributed by atoms with van der Waals surface area (Å²) in [6.07, 6.45) is 5.23. The van der Waals surface area contributed by atoms with Gasteiger partial charge in [-0.15, -0.1) is 11.8 Å². The van der Waals surface area contributed by atoms with Crippen molar-refractivity contribution in [2.75, 3.05) is 25.0 Å². The van der Waals surface area contributed by atoms with Crippen LogP contribution >= 0.6 is 34.7 Å². The first kappa shape index (κ1) is 22.0. The van der Waals surface area contributed by atoms with Crippen molar-refractivity contribution in [1.29, 1.82) is 0 Å². The summed E-state index contributed by atoms with van der Waals surface area (Å²) in [6, 6.07) is 3.61. The van der Waals surface area contributed by atoms with Crippen molar-refractivity contribution in [3.05, 3.63) is 40.0 Å². The quantitative estimate of drug-likeness (QED) is 0.459. The Morgan fingerprint density at radius 2 is 2.00 bits per heavy atom. The van der Waals surface area contributed by atoms with Crippen LogP contribution in [0.15, 0.2) is 22.5 Å². The van der Waals surface area contributed by atoms with E-state index < -0.39 is 17.7 Å². The van der Waals surface area contributed by atoms with E-state index in [9.17, 15) is 9.59 Å². The van der Waals surface area contributed by atoms with Gasteiger partial charge in [0.1, 0.15) is 0 Å². The number of nitrogens with one attached hydrogen (secondary N) is 2. The SMILES string of the molecule is O=C1CCC(=O)OC2(CNCCc3c2ccc(Cl)c3CSc2cnc(NCC3CC3)s2)O1. The summed E-state index contributed by atoms with van der Waals surface area (Å²) in [4.78, 5) is 29.0. The molecule has 2 aliphatic heterocycles. The summed E-state index contributed by atoms with van der Waals surface area (Å²) in [5, 5.41) is 8.26. The summed E-state index contributed by atoms with van der Waals surface area (Å²) < 4.78 is 12.5. The number of nitrogens with zero attached hydrogens (tertiary/aromatic N) is 1. The summed E-state index contributed by atoms with van der Waals surface area (Å²) in [7, 11) is 0. The van der Waals surface area contributed by atoms with Crippen LogP contribution in [0.5, 0.6) is 0 Å². The van der Waals surface area contributed by atoms with Crippen LogP contribution in [0.1, 0.15) is 42.4 Å². The summed E-state index contributed by atoms with van der Waals surface area (Å²) in [5.41, 5.74) is 2.63. The van der Waals surface area contributed by atoms with Gasteiger partial charge in [-0.3, -0.25) is 9.59 Å². The molecule has 10 heteroatoms. The van der Waals surface area contributed by atoms with Crippen LogP contribution in [0.3, 0.4) is 0 Å². The Morgan fingerprint density at radius 1 is 1.22 bits per heavy atom. The van der Waals surface area contributed by atoms with Gasteiger partial charge in [0.15, 0.2) is 5.13 Å². The molecule has 170 valence electrons. The third-order valence-electron chi connectivity index (χ3n) is 5.87. The molecule has 1 aromatic heterocycles. The molecule has 7 nitrogen and oxygen atoms in total. The van der Waals surface area contributed by atoms with E-state index in [2.05, 4.69) is 15.6 Å². The second kappa shape index (κ2) is 9.21. The highest BCUT2D eigenvalue weighted by Crippen LogP contribution is 2.41. The van der Waals surface area contributed by atoms with E-state index in [1.807, 2.05) is 12.3 Å². The van der Waals surface area contributed by atoms with Gasteiger partial charge < -0.3 is 20.1 Å². The minimum absolute atomic E-state index is 0.0225. The van der Waals surface area contributed by atoms with Gasteiger partial charge in [0, 0.05) is 22.9 Å². The monoisotopic (exact) mass is 493 g/mol. The lowest BCUT2D eigenvalue weighted by Gasteiger charge is -2.32. The Morgan fingerprint density at radius 3 is 2.75 bits per heavy atom. The number of esters is 2.